The minimum Gasteiger partial charge on any atom is -0.384 e. The lowest BCUT2D eigenvalue weighted by molar-refractivity contribution is 0.0952. The smallest absolute Gasteiger partial charge is 0.253 e. The van der Waals surface area contributed by atoms with Gasteiger partial charge in [0.05, 0.1) is 12.1 Å². The van der Waals surface area contributed by atoms with Crippen molar-refractivity contribution >= 4 is 38.9 Å². The first kappa shape index (κ1) is 16.0. The molecule has 1 aromatic carbocycles. The SMILES string of the molecule is CCCNc1ccc(C)cc1C(=O)NCc1sccc1Br. The van der Waals surface area contributed by atoms with Crippen molar-refractivity contribution < 1.29 is 4.79 Å². The van der Waals surface area contributed by atoms with Crippen LogP contribution in [-0.4, -0.2) is 12.5 Å². The van der Waals surface area contributed by atoms with Crippen molar-refractivity contribution in [1.29, 1.82) is 0 Å². The molecule has 0 radical (unpaired) electrons. The molecule has 0 atom stereocenters. The van der Waals surface area contributed by atoms with Crippen molar-refractivity contribution in [2.45, 2.75) is 26.8 Å². The molecule has 0 aliphatic heterocycles. The van der Waals surface area contributed by atoms with Gasteiger partial charge in [0.1, 0.15) is 0 Å². The van der Waals surface area contributed by atoms with Gasteiger partial charge in [-0.25, -0.2) is 0 Å². The summed E-state index contributed by atoms with van der Waals surface area (Å²) < 4.78 is 1.04. The van der Waals surface area contributed by atoms with Crippen LogP contribution in [0.3, 0.4) is 0 Å². The van der Waals surface area contributed by atoms with E-state index in [-0.39, 0.29) is 5.91 Å². The molecule has 0 fully saturated rings. The van der Waals surface area contributed by atoms with E-state index in [0.29, 0.717) is 12.1 Å². The summed E-state index contributed by atoms with van der Waals surface area (Å²) in [5.41, 5.74) is 2.68. The highest BCUT2D eigenvalue weighted by Gasteiger charge is 2.12. The van der Waals surface area contributed by atoms with E-state index in [9.17, 15) is 4.79 Å². The molecule has 0 saturated heterocycles. The Labute approximate surface area is 137 Å². The fourth-order valence-electron chi connectivity index (χ4n) is 1.97. The second kappa shape index (κ2) is 7.61. The van der Waals surface area contributed by atoms with Crippen molar-refractivity contribution in [2.24, 2.45) is 0 Å². The van der Waals surface area contributed by atoms with E-state index >= 15 is 0 Å². The van der Waals surface area contributed by atoms with Gasteiger partial charge in [-0.15, -0.1) is 11.3 Å². The molecule has 0 aliphatic carbocycles. The van der Waals surface area contributed by atoms with Crippen molar-refractivity contribution in [1.82, 2.24) is 5.32 Å². The van der Waals surface area contributed by atoms with Gasteiger partial charge >= 0.3 is 0 Å². The maximum absolute atomic E-state index is 12.4. The quantitative estimate of drug-likeness (QED) is 0.785. The van der Waals surface area contributed by atoms with Crippen LogP contribution in [0.15, 0.2) is 34.1 Å². The van der Waals surface area contributed by atoms with E-state index in [1.165, 1.54) is 0 Å². The Bertz CT molecular complexity index is 624. The van der Waals surface area contributed by atoms with Crippen molar-refractivity contribution in [3.8, 4) is 0 Å². The van der Waals surface area contributed by atoms with Crippen LogP contribution in [0.2, 0.25) is 0 Å². The Hall–Kier alpha value is -1.33. The van der Waals surface area contributed by atoms with Crippen LogP contribution < -0.4 is 10.6 Å². The summed E-state index contributed by atoms with van der Waals surface area (Å²) in [6, 6.07) is 7.91. The standard InChI is InChI=1S/C16H19BrN2OS/c1-3-7-18-14-5-4-11(2)9-12(14)16(20)19-10-15-13(17)6-8-21-15/h4-6,8-9,18H,3,7,10H2,1-2H3,(H,19,20). The maximum atomic E-state index is 12.4. The molecule has 1 aromatic heterocycles. The molecule has 3 nitrogen and oxygen atoms in total. The molecular formula is C16H19BrN2OS. The lowest BCUT2D eigenvalue weighted by Crippen LogP contribution is -2.24. The average molecular weight is 367 g/mol. The van der Waals surface area contributed by atoms with E-state index in [1.807, 2.05) is 36.6 Å². The van der Waals surface area contributed by atoms with Crippen LogP contribution in [0.5, 0.6) is 0 Å². The third-order valence-corrected chi connectivity index (χ3v) is 5.01. The van der Waals surface area contributed by atoms with Gasteiger partial charge in [0.25, 0.3) is 5.91 Å². The second-order valence-corrected chi connectivity index (χ2v) is 6.71. The third-order valence-electron chi connectivity index (χ3n) is 3.09. The van der Waals surface area contributed by atoms with E-state index in [0.717, 1.165) is 33.6 Å². The third kappa shape index (κ3) is 4.32. The molecular weight excluding hydrogens is 348 g/mol. The molecule has 2 N–H and O–H groups in total. The van der Waals surface area contributed by atoms with E-state index in [2.05, 4.69) is 33.5 Å². The molecule has 112 valence electrons. The van der Waals surface area contributed by atoms with Gasteiger partial charge in [0, 0.05) is 21.6 Å². The number of carbonyl (C=O) groups excluding carboxylic acids is 1. The van der Waals surface area contributed by atoms with Crippen molar-refractivity contribution in [3.05, 3.63) is 50.1 Å². The zero-order chi connectivity index (χ0) is 15.2. The van der Waals surface area contributed by atoms with Crippen LogP contribution >= 0.6 is 27.3 Å². The summed E-state index contributed by atoms with van der Waals surface area (Å²) in [5, 5.41) is 8.30. The predicted octanol–water partition coefficient (Wildman–Crippen LogP) is 4.57. The zero-order valence-electron chi connectivity index (χ0n) is 12.2. The fourth-order valence-corrected chi connectivity index (χ4v) is 3.40. The normalized spacial score (nSPS) is 10.4. The number of amides is 1. The first-order valence-electron chi connectivity index (χ1n) is 6.96. The predicted molar refractivity (Wildman–Crippen MR) is 93.1 cm³/mol. The first-order chi connectivity index (χ1) is 10.1. The summed E-state index contributed by atoms with van der Waals surface area (Å²) in [6.45, 7) is 5.50. The Balaban J connectivity index is 2.10. The number of thiophene rings is 1. The fraction of sp³-hybridized carbons (Fsp3) is 0.312. The summed E-state index contributed by atoms with van der Waals surface area (Å²) in [7, 11) is 0. The summed E-state index contributed by atoms with van der Waals surface area (Å²) in [6.07, 6.45) is 1.02. The molecule has 0 aliphatic rings. The van der Waals surface area contributed by atoms with Gasteiger partial charge in [-0.2, -0.15) is 0 Å². The minimum atomic E-state index is -0.0439. The van der Waals surface area contributed by atoms with Gasteiger partial charge in [-0.3, -0.25) is 4.79 Å². The van der Waals surface area contributed by atoms with Gasteiger partial charge in [0.2, 0.25) is 0 Å². The van der Waals surface area contributed by atoms with Crippen LogP contribution in [-0.2, 0) is 6.54 Å². The Morgan fingerprint density at radius 3 is 2.81 bits per heavy atom. The number of aryl methyl sites for hydroxylation is 1. The van der Waals surface area contributed by atoms with E-state index in [1.54, 1.807) is 11.3 Å². The highest BCUT2D eigenvalue weighted by molar-refractivity contribution is 9.10. The first-order valence-corrected chi connectivity index (χ1v) is 8.63. The molecule has 0 unspecified atom stereocenters. The van der Waals surface area contributed by atoms with Gasteiger partial charge < -0.3 is 10.6 Å². The maximum Gasteiger partial charge on any atom is 0.253 e. The Morgan fingerprint density at radius 1 is 1.33 bits per heavy atom. The summed E-state index contributed by atoms with van der Waals surface area (Å²) >= 11 is 5.11. The number of benzene rings is 1. The number of carbonyl (C=O) groups is 1. The molecule has 1 heterocycles. The lowest BCUT2D eigenvalue weighted by Gasteiger charge is -2.12. The molecule has 1 amide bonds. The molecule has 2 rings (SSSR count). The van der Waals surface area contributed by atoms with Gasteiger partial charge in [-0.05, 0) is 52.9 Å². The van der Waals surface area contributed by atoms with E-state index in [4.69, 9.17) is 0 Å². The summed E-state index contributed by atoms with van der Waals surface area (Å²) in [5.74, 6) is -0.0439. The molecule has 21 heavy (non-hydrogen) atoms. The number of nitrogens with one attached hydrogen (secondary N) is 2. The number of halogens is 1. The van der Waals surface area contributed by atoms with Crippen LogP contribution in [0.25, 0.3) is 0 Å². The van der Waals surface area contributed by atoms with Crippen LogP contribution in [0, 0.1) is 6.92 Å². The van der Waals surface area contributed by atoms with E-state index < -0.39 is 0 Å². The second-order valence-electron chi connectivity index (χ2n) is 4.85. The highest BCUT2D eigenvalue weighted by Crippen LogP contribution is 2.23. The molecule has 0 bridgehead atoms. The minimum absolute atomic E-state index is 0.0439. The zero-order valence-corrected chi connectivity index (χ0v) is 14.6. The number of rotatable bonds is 6. The highest BCUT2D eigenvalue weighted by atomic mass is 79.9. The largest absolute Gasteiger partial charge is 0.384 e. The van der Waals surface area contributed by atoms with Gasteiger partial charge in [-0.1, -0.05) is 18.6 Å². The number of anilines is 1. The van der Waals surface area contributed by atoms with Crippen LogP contribution in [0.4, 0.5) is 5.69 Å². The molecule has 0 spiro atoms. The Kier molecular flexibility index (Phi) is 5.82. The van der Waals surface area contributed by atoms with Gasteiger partial charge in [0.15, 0.2) is 0 Å². The van der Waals surface area contributed by atoms with Crippen molar-refractivity contribution in [3.63, 3.8) is 0 Å². The Morgan fingerprint density at radius 2 is 2.14 bits per heavy atom. The number of hydrogen-bond acceptors (Lipinski definition) is 3. The van der Waals surface area contributed by atoms with Crippen LogP contribution in [0.1, 0.15) is 34.1 Å². The average Bonchev–Trinajstić information content (AvgIpc) is 2.88. The molecule has 2 aromatic rings. The monoisotopic (exact) mass is 366 g/mol. The molecule has 5 heteroatoms. The van der Waals surface area contributed by atoms with Crippen molar-refractivity contribution in [2.75, 3.05) is 11.9 Å². The topological polar surface area (TPSA) is 41.1 Å². The summed E-state index contributed by atoms with van der Waals surface area (Å²) in [4.78, 5) is 13.5. The lowest BCUT2D eigenvalue weighted by atomic mass is 10.1. The molecule has 0 saturated carbocycles. The number of hydrogen-bond donors (Lipinski definition) is 2.